The Morgan fingerprint density at radius 1 is 1.16 bits per heavy atom. The van der Waals surface area contributed by atoms with Crippen molar-refractivity contribution >= 4 is 35.2 Å². The molecule has 196 valence electrons. The number of halogens is 1. The highest BCUT2D eigenvalue weighted by atomic mass is 35.5. The predicted octanol–water partition coefficient (Wildman–Crippen LogP) is 3.86. The topological polar surface area (TPSA) is 108 Å². The van der Waals surface area contributed by atoms with Gasteiger partial charge in [-0.3, -0.25) is 14.9 Å². The molecule has 2 heterocycles. The van der Waals surface area contributed by atoms with Gasteiger partial charge in [-0.05, 0) is 55.4 Å². The van der Waals surface area contributed by atoms with E-state index >= 15 is 0 Å². The summed E-state index contributed by atoms with van der Waals surface area (Å²) in [6.07, 6.45) is 3.27. The molecule has 1 aliphatic carbocycles. The molecule has 1 unspecified atom stereocenters. The van der Waals surface area contributed by atoms with Crippen LogP contribution in [0.25, 0.3) is 0 Å². The fourth-order valence-corrected chi connectivity index (χ4v) is 5.98. The number of rotatable bonds is 6. The minimum Gasteiger partial charge on any atom is -0.436 e. The van der Waals surface area contributed by atoms with Crippen molar-refractivity contribution in [1.29, 1.82) is 0 Å². The fourth-order valence-electron chi connectivity index (χ4n) is 5.81. The summed E-state index contributed by atoms with van der Waals surface area (Å²) in [5.41, 5.74) is 1.34. The number of nitrogens with zero attached hydrogens (tertiary/aromatic N) is 1. The lowest BCUT2D eigenvalue weighted by Crippen LogP contribution is -2.52. The maximum Gasteiger partial charge on any atom is 0.412 e. The third-order valence-corrected chi connectivity index (χ3v) is 8.15. The number of aliphatic hydroxyl groups is 1. The van der Waals surface area contributed by atoms with Crippen LogP contribution in [0, 0.1) is 11.8 Å². The first-order valence-electron chi connectivity index (χ1n) is 12.9. The van der Waals surface area contributed by atoms with E-state index < -0.39 is 17.7 Å². The molecular formula is C28H32ClN3O5. The van der Waals surface area contributed by atoms with E-state index in [4.69, 9.17) is 16.3 Å². The van der Waals surface area contributed by atoms with Crippen LogP contribution in [0.1, 0.15) is 43.2 Å². The van der Waals surface area contributed by atoms with E-state index in [1.807, 2.05) is 30.3 Å². The molecule has 37 heavy (non-hydrogen) atoms. The third kappa shape index (κ3) is 5.45. The number of ether oxygens (including phenoxy) is 1. The Balaban J connectivity index is 1.34. The van der Waals surface area contributed by atoms with Gasteiger partial charge in [-0.25, -0.2) is 4.79 Å². The number of amides is 3. The van der Waals surface area contributed by atoms with E-state index in [9.17, 15) is 19.5 Å². The first-order chi connectivity index (χ1) is 17.9. The highest BCUT2D eigenvalue weighted by Crippen LogP contribution is 2.44. The van der Waals surface area contributed by atoms with E-state index in [1.54, 1.807) is 23.1 Å². The molecule has 5 rings (SSSR count). The van der Waals surface area contributed by atoms with E-state index in [2.05, 4.69) is 10.6 Å². The molecule has 3 aliphatic rings. The van der Waals surface area contributed by atoms with Crippen LogP contribution in [0.3, 0.4) is 0 Å². The SMILES string of the molecule is O=C1Nc2ccc(Cl)cc2C2(CCN(C(=O)[C@H](Cc3ccccc3)NC(=O)C3CCC(CO)CC3)C2)O1. The number of likely N-dealkylation sites (tertiary alicyclic amines) is 1. The number of anilines is 1. The van der Waals surface area contributed by atoms with E-state index in [-0.39, 0.29) is 36.8 Å². The van der Waals surface area contributed by atoms with Gasteiger partial charge in [0.2, 0.25) is 11.8 Å². The second-order valence-corrected chi connectivity index (χ2v) is 10.8. The summed E-state index contributed by atoms with van der Waals surface area (Å²) >= 11 is 6.25. The Morgan fingerprint density at radius 3 is 2.65 bits per heavy atom. The van der Waals surface area contributed by atoms with Gasteiger partial charge in [-0.2, -0.15) is 0 Å². The number of benzene rings is 2. The molecule has 0 radical (unpaired) electrons. The molecular weight excluding hydrogens is 494 g/mol. The summed E-state index contributed by atoms with van der Waals surface area (Å²) in [7, 11) is 0. The lowest BCUT2D eigenvalue weighted by Gasteiger charge is -2.36. The van der Waals surface area contributed by atoms with Crippen molar-refractivity contribution in [1.82, 2.24) is 10.2 Å². The molecule has 2 aromatic rings. The summed E-state index contributed by atoms with van der Waals surface area (Å²) in [4.78, 5) is 41.1. The number of aliphatic hydroxyl groups excluding tert-OH is 1. The van der Waals surface area contributed by atoms with Crippen LogP contribution in [0.2, 0.25) is 5.02 Å². The number of nitrogens with one attached hydrogen (secondary N) is 2. The standard InChI is InChI=1S/C28H32ClN3O5/c29-21-10-11-23-22(15-21)28(37-27(36)31-23)12-13-32(17-28)26(35)24(14-18-4-2-1-3-5-18)30-25(34)20-8-6-19(16-33)7-9-20/h1-5,10-11,15,19-20,24,33H,6-9,12-14,16-17H2,(H,30,34)(H,31,36)/t19?,20?,24-,28?/m0/s1. The molecule has 8 nitrogen and oxygen atoms in total. The van der Waals surface area contributed by atoms with E-state index in [1.165, 1.54) is 0 Å². The van der Waals surface area contributed by atoms with Crippen LogP contribution >= 0.6 is 11.6 Å². The number of carbonyl (C=O) groups is 3. The fraction of sp³-hybridized carbons (Fsp3) is 0.464. The minimum absolute atomic E-state index is 0.120. The van der Waals surface area contributed by atoms with Crippen molar-refractivity contribution in [3.05, 3.63) is 64.7 Å². The van der Waals surface area contributed by atoms with Crippen LogP contribution < -0.4 is 10.6 Å². The molecule has 1 saturated carbocycles. The van der Waals surface area contributed by atoms with Crippen LogP contribution in [-0.2, 0) is 26.3 Å². The second kappa shape index (κ2) is 10.7. The molecule has 1 saturated heterocycles. The number of hydrogen-bond acceptors (Lipinski definition) is 5. The highest BCUT2D eigenvalue weighted by molar-refractivity contribution is 6.30. The zero-order valence-electron chi connectivity index (χ0n) is 20.6. The van der Waals surface area contributed by atoms with Gasteiger partial charge in [0.15, 0.2) is 5.60 Å². The summed E-state index contributed by atoms with van der Waals surface area (Å²) in [6.45, 7) is 0.727. The normalized spacial score (nSPS) is 25.7. The van der Waals surface area contributed by atoms with Gasteiger partial charge < -0.3 is 20.1 Å². The van der Waals surface area contributed by atoms with Gasteiger partial charge >= 0.3 is 6.09 Å². The van der Waals surface area contributed by atoms with Crippen molar-refractivity contribution in [2.75, 3.05) is 25.0 Å². The maximum absolute atomic E-state index is 13.8. The average molecular weight is 526 g/mol. The summed E-state index contributed by atoms with van der Waals surface area (Å²) in [5.74, 6) is -0.241. The van der Waals surface area contributed by atoms with Crippen LogP contribution in [0.15, 0.2) is 48.5 Å². The molecule has 3 N–H and O–H groups in total. The van der Waals surface area contributed by atoms with Crippen molar-refractivity contribution < 1.29 is 24.2 Å². The second-order valence-electron chi connectivity index (χ2n) is 10.4. The average Bonchev–Trinajstić information content (AvgIpc) is 3.33. The smallest absolute Gasteiger partial charge is 0.412 e. The summed E-state index contributed by atoms with van der Waals surface area (Å²) in [6, 6.07) is 14.1. The van der Waals surface area contributed by atoms with Crippen molar-refractivity contribution in [3.63, 3.8) is 0 Å². The van der Waals surface area contributed by atoms with E-state index in [0.29, 0.717) is 42.9 Å². The highest BCUT2D eigenvalue weighted by Gasteiger charge is 2.49. The Morgan fingerprint density at radius 2 is 1.92 bits per heavy atom. The first kappa shape index (κ1) is 25.5. The Bertz CT molecular complexity index is 1170. The van der Waals surface area contributed by atoms with Crippen LogP contribution in [0.5, 0.6) is 0 Å². The molecule has 3 amide bonds. The van der Waals surface area contributed by atoms with Crippen molar-refractivity contribution in [2.45, 2.75) is 50.2 Å². The number of fused-ring (bicyclic) bond motifs is 2. The van der Waals surface area contributed by atoms with Crippen molar-refractivity contribution in [3.8, 4) is 0 Å². The molecule has 0 aromatic heterocycles. The number of hydrogen-bond donors (Lipinski definition) is 3. The lowest BCUT2D eigenvalue weighted by molar-refractivity contribution is -0.137. The van der Waals surface area contributed by atoms with Gasteiger partial charge in [0.25, 0.3) is 0 Å². The molecule has 2 fully saturated rings. The van der Waals surface area contributed by atoms with Crippen molar-refractivity contribution in [2.24, 2.45) is 11.8 Å². The van der Waals surface area contributed by atoms with Gasteiger partial charge in [0, 0.05) is 42.5 Å². The molecule has 2 aromatic carbocycles. The molecule has 2 aliphatic heterocycles. The maximum atomic E-state index is 13.8. The molecule has 0 bridgehead atoms. The largest absolute Gasteiger partial charge is 0.436 e. The van der Waals surface area contributed by atoms with Crippen LogP contribution in [0.4, 0.5) is 10.5 Å². The summed E-state index contributed by atoms with van der Waals surface area (Å²) < 4.78 is 5.78. The van der Waals surface area contributed by atoms with Gasteiger partial charge in [-0.1, -0.05) is 41.9 Å². The monoisotopic (exact) mass is 525 g/mol. The van der Waals surface area contributed by atoms with E-state index in [0.717, 1.165) is 24.0 Å². The number of carbonyl (C=O) groups excluding carboxylic acids is 3. The Hall–Kier alpha value is -3.10. The summed E-state index contributed by atoms with van der Waals surface area (Å²) in [5, 5.41) is 15.7. The predicted molar refractivity (Wildman–Crippen MR) is 139 cm³/mol. The van der Waals surface area contributed by atoms with Crippen LogP contribution in [-0.4, -0.2) is 53.7 Å². The van der Waals surface area contributed by atoms with Gasteiger partial charge in [-0.15, -0.1) is 0 Å². The first-order valence-corrected chi connectivity index (χ1v) is 13.3. The Kier molecular flexibility index (Phi) is 7.40. The zero-order valence-corrected chi connectivity index (χ0v) is 21.4. The van der Waals surface area contributed by atoms with Gasteiger partial charge in [0.05, 0.1) is 12.2 Å². The van der Waals surface area contributed by atoms with Gasteiger partial charge in [0.1, 0.15) is 6.04 Å². The minimum atomic E-state index is -0.984. The Labute approximate surface area is 221 Å². The lowest BCUT2D eigenvalue weighted by atomic mass is 9.82. The molecule has 9 heteroatoms. The quantitative estimate of drug-likeness (QED) is 0.531. The molecule has 1 spiro atoms. The zero-order chi connectivity index (χ0) is 26.0. The third-order valence-electron chi connectivity index (χ3n) is 7.91. The molecule has 2 atom stereocenters.